The number of ether oxygens (including phenoxy) is 1. The highest BCUT2D eigenvalue weighted by Gasteiger charge is 2.43. The lowest BCUT2D eigenvalue weighted by molar-refractivity contribution is -0.145. The van der Waals surface area contributed by atoms with E-state index in [4.69, 9.17) is 9.16 Å². The van der Waals surface area contributed by atoms with Crippen molar-refractivity contribution in [2.45, 2.75) is 96.7 Å². The Labute approximate surface area is 152 Å². The van der Waals surface area contributed by atoms with E-state index < -0.39 is 37.9 Å². The van der Waals surface area contributed by atoms with E-state index in [9.17, 15) is 14.7 Å². The molecule has 0 aromatic carbocycles. The number of amides is 1. The van der Waals surface area contributed by atoms with Crippen LogP contribution in [-0.4, -0.2) is 43.2 Å². The Kier molecular flexibility index (Phi) is 6.73. The molecule has 2 N–H and O–H groups in total. The van der Waals surface area contributed by atoms with Crippen molar-refractivity contribution in [1.82, 2.24) is 5.32 Å². The molecule has 6 nitrogen and oxygen atoms in total. The number of carboxylic acids is 1. The summed E-state index contributed by atoms with van der Waals surface area (Å²) in [6, 6.07) is -0.424. The van der Waals surface area contributed by atoms with Gasteiger partial charge < -0.3 is 19.6 Å². The fraction of sp³-hybridized carbons (Fsp3) is 0.889. The van der Waals surface area contributed by atoms with Gasteiger partial charge in [-0.05, 0) is 58.2 Å². The molecule has 0 bridgehead atoms. The number of hydrogen-bond acceptors (Lipinski definition) is 4. The maximum atomic E-state index is 12.0. The molecule has 0 saturated heterocycles. The lowest BCUT2D eigenvalue weighted by Gasteiger charge is -2.42. The maximum Gasteiger partial charge on any atom is 0.407 e. The van der Waals surface area contributed by atoms with Crippen molar-refractivity contribution in [1.29, 1.82) is 0 Å². The maximum absolute atomic E-state index is 12.0. The van der Waals surface area contributed by atoms with Crippen LogP contribution >= 0.6 is 0 Å². The molecule has 146 valence electrons. The van der Waals surface area contributed by atoms with E-state index in [2.05, 4.69) is 39.2 Å². The first kappa shape index (κ1) is 22.0. The molecular formula is C18H35NO5Si. The average molecular weight is 374 g/mol. The zero-order chi connectivity index (χ0) is 19.6. The molecule has 0 aliphatic heterocycles. The third-order valence-corrected chi connectivity index (χ3v) is 9.62. The topological polar surface area (TPSA) is 84.9 Å². The first-order chi connectivity index (χ1) is 11.1. The normalized spacial score (nSPS) is 25.4. The summed E-state index contributed by atoms with van der Waals surface area (Å²) >= 11 is 0. The fourth-order valence-corrected chi connectivity index (χ4v) is 4.14. The van der Waals surface area contributed by atoms with E-state index in [0.29, 0.717) is 12.8 Å². The van der Waals surface area contributed by atoms with E-state index in [1.54, 1.807) is 20.8 Å². The summed E-state index contributed by atoms with van der Waals surface area (Å²) in [5.74, 6) is -1.55. The fourth-order valence-electron chi connectivity index (χ4n) is 2.74. The van der Waals surface area contributed by atoms with Gasteiger partial charge in [0.2, 0.25) is 0 Å². The molecule has 1 aliphatic carbocycles. The Balaban J connectivity index is 2.74. The molecule has 1 saturated carbocycles. The van der Waals surface area contributed by atoms with Crippen LogP contribution in [0.5, 0.6) is 0 Å². The van der Waals surface area contributed by atoms with Gasteiger partial charge in [0.15, 0.2) is 8.32 Å². The second kappa shape index (κ2) is 7.66. The van der Waals surface area contributed by atoms with Gasteiger partial charge in [0.05, 0.1) is 5.92 Å². The van der Waals surface area contributed by atoms with E-state index in [1.165, 1.54) is 0 Å². The Morgan fingerprint density at radius 2 is 1.64 bits per heavy atom. The molecule has 1 amide bonds. The third-order valence-electron chi connectivity index (χ3n) is 5.09. The molecule has 3 atom stereocenters. The molecule has 0 aromatic heterocycles. The van der Waals surface area contributed by atoms with E-state index >= 15 is 0 Å². The number of rotatable bonds is 4. The van der Waals surface area contributed by atoms with Crippen LogP contribution in [0, 0.1) is 5.92 Å². The Bertz CT molecular complexity index is 493. The van der Waals surface area contributed by atoms with Crippen LogP contribution in [0.4, 0.5) is 4.79 Å². The SMILES string of the molecule is CC(C)(C)OC(=O)N[C@H]1CCC(O[Si](C)(C)C(C)(C)C)C[C@@H]1C(=O)O. The predicted molar refractivity (Wildman–Crippen MR) is 100 cm³/mol. The highest BCUT2D eigenvalue weighted by Crippen LogP contribution is 2.40. The van der Waals surface area contributed by atoms with Gasteiger partial charge in [0, 0.05) is 12.1 Å². The van der Waals surface area contributed by atoms with Crippen molar-refractivity contribution in [3.63, 3.8) is 0 Å². The number of carboxylic acid groups (broad SMARTS) is 1. The Morgan fingerprint density at radius 1 is 1.08 bits per heavy atom. The van der Waals surface area contributed by atoms with Crippen LogP contribution in [0.2, 0.25) is 18.1 Å². The Hall–Kier alpha value is -1.08. The van der Waals surface area contributed by atoms with Crippen molar-refractivity contribution in [2.24, 2.45) is 5.92 Å². The number of carbonyl (C=O) groups is 2. The van der Waals surface area contributed by atoms with E-state index in [0.717, 1.165) is 6.42 Å². The van der Waals surface area contributed by atoms with Crippen molar-refractivity contribution >= 4 is 20.4 Å². The van der Waals surface area contributed by atoms with Gasteiger partial charge in [-0.15, -0.1) is 0 Å². The van der Waals surface area contributed by atoms with Gasteiger partial charge in [-0.25, -0.2) is 4.79 Å². The van der Waals surface area contributed by atoms with Crippen LogP contribution in [0.25, 0.3) is 0 Å². The lowest BCUT2D eigenvalue weighted by atomic mass is 9.83. The standard InChI is InChI=1S/C18H35NO5Si/c1-17(2,3)23-16(22)19-14-10-9-12(11-13(14)15(20)21)24-25(7,8)18(4,5)6/h12-14H,9-11H2,1-8H3,(H,19,22)(H,20,21)/t12?,13-,14-/m0/s1. The van der Waals surface area contributed by atoms with Gasteiger partial charge in [0.25, 0.3) is 0 Å². The summed E-state index contributed by atoms with van der Waals surface area (Å²) in [5.41, 5.74) is -0.606. The summed E-state index contributed by atoms with van der Waals surface area (Å²) in [4.78, 5) is 23.7. The van der Waals surface area contributed by atoms with Gasteiger partial charge in [0.1, 0.15) is 5.60 Å². The molecule has 0 radical (unpaired) electrons. The van der Waals surface area contributed by atoms with E-state index in [1.807, 2.05) is 0 Å². The second-order valence-corrected chi connectivity index (χ2v) is 14.3. The number of nitrogens with one attached hydrogen (secondary N) is 1. The zero-order valence-electron chi connectivity index (χ0n) is 16.9. The molecule has 1 rings (SSSR count). The molecule has 0 spiro atoms. The largest absolute Gasteiger partial charge is 0.481 e. The quantitative estimate of drug-likeness (QED) is 0.723. The van der Waals surface area contributed by atoms with Crippen molar-refractivity contribution in [3.8, 4) is 0 Å². The highest BCUT2D eigenvalue weighted by molar-refractivity contribution is 6.74. The van der Waals surface area contributed by atoms with Crippen LogP contribution in [0.15, 0.2) is 0 Å². The lowest BCUT2D eigenvalue weighted by Crippen LogP contribution is -2.52. The molecular weight excluding hydrogens is 338 g/mol. The Morgan fingerprint density at radius 3 is 2.08 bits per heavy atom. The van der Waals surface area contributed by atoms with Gasteiger partial charge in [-0.3, -0.25) is 4.79 Å². The first-order valence-electron chi connectivity index (χ1n) is 9.02. The number of hydrogen-bond donors (Lipinski definition) is 2. The monoisotopic (exact) mass is 373 g/mol. The number of alkyl carbamates (subject to hydrolysis) is 1. The molecule has 25 heavy (non-hydrogen) atoms. The number of carbonyl (C=O) groups excluding carboxylic acids is 1. The molecule has 7 heteroatoms. The summed E-state index contributed by atoms with van der Waals surface area (Å²) in [7, 11) is -1.95. The van der Waals surface area contributed by atoms with Crippen LogP contribution in [0.1, 0.15) is 60.8 Å². The smallest absolute Gasteiger partial charge is 0.407 e. The van der Waals surface area contributed by atoms with Crippen LogP contribution < -0.4 is 5.32 Å². The molecule has 0 aromatic rings. The first-order valence-corrected chi connectivity index (χ1v) is 11.9. The summed E-state index contributed by atoms with van der Waals surface area (Å²) in [6.45, 7) is 16.2. The van der Waals surface area contributed by atoms with Gasteiger partial charge >= 0.3 is 12.1 Å². The van der Waals surface area contributed by atoms with E-state index in [-0.39, 0.29) is 11.1 Å². The molecule has 1 unspecified atom stereocenters. The molecule has 1 fully saturated rings. The van der Waals surface area contributed by atoms with Crippen molar-refractivity contribution < 1.29 is 23.9 Å². The van der Waals surface area contributed by atoms with Crippen LogP contribution in [0.3, 0.4) is 0 Å². The van der Waals surface area contributed by atoms with Crippen LogP contribution in [-0.2, 0) is 14.0 Å². The summed E-state index contributed by atoms with van der Waals surface area (Å²) in [5, 5.41) is 12.4. The second-order valence-electron chi connectivity index (χ2n) is 9.51. The minimum absolute atomic E-state index is 0.0707. The third kappa shape index (κ3) is 6.62. The van der Waals surface area contributed by atoms with Crippen molar-refractivity contribution in [3.05, 3.63) is 0 Å². The van der Waals surface area contributed by atoms with Crippen molar-refractivity contribution in [2.75, 3.05) is 0 Å². The summed E-state index contributed by atoms with van der Waals surface area (Å²) < 4.78 is 11.6. The van der Waals surface area contributed by atoms with Gasteiger partial charge in [-0.2, -0.15) is 0 Å². The highest BCUT2D eigenvalue weighted by atomic mass is 28.4. The van der Waals surface area contributed by atoms with Gasteiger partial charge in [-0.1, -0.05) is 20.8 Å². The zero-order valence-corrected chi connectivity index (χ0v) is 17.9. The minimum Gasteiger partial charge on any atom is -0.481 e. The summed E-state index contributed by atoms with van der Waals surface area (Å²) in [6.07, 6.45) is 1.11. The number of aliphatic carboxylic acids is 1. The molecule has 1 aliphatic rings. The molecule has 0 heterocycles. The predicted octanol–water partition coefficient (Wildman–Crippen LogP) is 4.15. The minimum atomic E-state index is -1.95. The average Bonchev–Trinajstić information content (AvgIpc) is 2.36.